The Morgan fingerprint density at radius 3 is 3.09 bits per heavy atom. The highest BCUT2D eigenvalue weighted by molar-refractivity contribution is 7.79. The van der Waals surface area contributed by atoms with Crippen LogP contribution in [0.2, 0.25) is 0 Å². The van der Waals surface area contributed by atoms with Crippen LogP contribution in [0, 0.1) is 0 Å². The van der Waals surface area contributed by atoms with Gasteiger partial charge in [-0.25, -0.2) is 0 Å². The minimum atomic E-state index is -0.409. The van der Waals surface area contributed by atoms with Crippen LogP contribution in [0.4, 0.5) is 0 Å². The van der Waals surface area contributed by atoms with E-state index in [1.807, 2.05) is 0 Å². The van der Waals surface area contributed by atoms with Crippen LogP contribution < -0.4 is 5.73 Å². The summed E-state index contributed by atoms with van der Waals surface area (Å²) in [5.41, 5.74) is 4.97. The maximum Gasteiger partial charge on any atom is 0.237 e. The van der Waals surface area contributed by atoms with Gasteiger partial charge in [0.25, 0.3) is 0 Å². The van der Waals surface area contributed by atoms with Gasteiger partial charge in [-0.05, 0) is 0 Å². The number of amides is 1. The average Bonchev–Trinajstić information content (AvgIpc) is 2.34. The molecule has 5 nitrogen and oxygen atoms in total. The molecule has 1 aromatic rings. The van der Waals surface area contributed by atoms with E-state index in [4.69, 9.17) is 5.73 Å². The van der Waals surface area contributed by atoms with E-state index in [0.717, 1.165) is 0 Å². The number of thiol groups is 1. The maximum atomic E-state index is 10.5. The number of nitrogens with zero attached hydrogens (tertiary/aromatic N) is 3. The first kappa shape index (κ1) is 8.06. The summed E-state index contributed by atoms with van der Waals surface area (Å²) in [5.74, 6) is 0.688. The quantitative estimate of drug-likeness (QED) is 0.586. The van der Waals surface area contributed by atoms with E-state index in [9.17, 15) is 4.79 Å². The molecular weight excluding hydrogens is 164 g/mol. The number of rotatable bonds is 3. The Labute approximate surface area is 69.0 Å². The number of carbonyl (C=O) groups excluding carboxylic acids is 1. The van der Waals surface area contributed by atoms with Crippen LogP contribution in [0.15, 0.2) is 6.33 Å². The average molecular weight is 172 g/mol. The van der Waals surface area contributed by atoms with Crippen molar-refractivity contribution in [3.05, 3.63) is 12.2 Å². The van der Waals surface area contributed by atoms with Gasteiger partial charge in [-0.3, -0.25) is 4.79 Å². The van der Waals surface area contributed by atoms with E-state index in [1.54, 1.807) is 4.57 Å². The highest BCUT2D eigenvalue weighted by atomic mass is 32.1. The first-order valence-corrected chi connectivity index (χ1v) is 3.63. The van der Waals surface area contributed by atoms with E-state index in [-0.39, 0.29) is 6.54 Å². The second-order valence-electron chi connectivity index (χ2n) is 2.00. The highest BCUT2D eigenvalue weighted by Crippen LogP contribution is 1.97. The van der Waals surface area contributed by atoms with Crippen LogP contribution in [0.3, 0.4) is 0 Å². The molecule has 0 aromatic carbocycles. The fraction of sp³-hybridized carbons (Fsp3) is 0.400. The summed E-state index contributed by atoms with van der Waals surface area (Å²) < 4.78 is 1.56. The summed E-state index contributed by atoms with van der Waals surface area (Å²) in [5, 5.41) is 7.32. The molecule has 0 saturated heterocycles. The molecular formula is C5H8N4OS. The molecule has 1 heterocycles. The molecule has 1 aromatic heterocycles. The molecule has 0 unspecified atom stereocenters. The second kappa shape index (κ2) is 3.38. The molecule has 0 saturated carbocycles. The molecule has 0 radical (unpaired) electrons. The van der Waals surface area contributed by atoms with Crippen LogP contribution >= 0.6 is 12.6 Å². The van der Waals surface area contributed by atoms with Crippen molar-refractivity contribution in [2.45, 2.75) is 12.3 Å². The Bertz CT molecular complexity index is 259. The Balaban J connectivity index is 2.76. The van der Waals surface area contributed by atoms with Crippen molar-refractivity contribution in [2.24, 2.45) is 5.73 Å². The summed E-state index contributed by atoms with van der Waals surface area (Å²) in [6.07, 6.45) is 1.45. The number of aromatic nitrogens is 3. The van der Waals surface area contributed by atoms with Gasteiger partial charge in [0.15, 0.2) is 0 Å². The molecule has 11 heavy (non-hydrogen) atoms. The molecule has 0 aliphatic rings. The third-order valence-electron chi connectivity index (χ3n) is 1.16. The summed E-state index contributed by atoms with van der Waals surface area (Å²) in [4.78, 5) is 10.5. The number of carbonyl (C=O) groups is 1. The third-order valence-corrected chi connectivity index (χ3v) is 1.45. The van der Waals surface area contributed by atoms with Crippen molar-refractivity contribution >= 4 is 18.5 Å². The number of hydrogen-bond donors (Lipinski definition) is 2. The molecule has 6 heteroatoms. The third kappa shape index (κ3) is 1.94. The molecule has 0 aliphatic heterocycles. The molecule has 1 rings (SSSR count). The molecule has 2 N–H and O–H groups in total. The summed E-state index contributed by atoms with van der Waals surface area (Å²) in [6, 6.07) is 0. The van der Waals surface area contributed by atoms with Crippen molar-refractivity contribution in [3.8, 4) is 0 Å². The summed E-state index contributed by atoms with van der Waals surface area (Å²) in [7, 11) is 0. The highest BCUT2D eigenvalue weighted by Gasteiger charge is 2.03. The van der Waals surface area contributed by atoms with Gasteiger partial charge in [0.05, 0.1) is 5.75 Å². The Morgan fingerprint density at radius 2 is 2.55 bits per heavy atom. The van der Waals surface area contributed by atoms with Gasteiger partial charge in [0.1, 0.15) is 18.7 Å². The Morgan fingerprint density at radius 1 is 1.82 bits per heavy atom. The monoisotopic (exact) mass is 172 g/mol. The summed E-state index contributed by atoms with van der Waals surface area (Å²) in [6.45, 7) is 0.114. The minimum Gasteiger partial charge on any atom is -0.368 e. The van der Waals surface area contributed by atoms with E-state index in [2.05, 4.69) is 22.8 Å². The predicted molar refractivity (Wildman–Crippen MR) is 41.9 cm³/mol. The smallest absolute Gasteiger partial charge is 0.237 e. The number of nitrogens with two attached hydrogens (primary N) is 1. The van der Waals surface area contributed by atoms with Crippen LogP contribution in [-0.2, 0) is 17.1 Å². The van der Waals surface area contributed by atoms with E-state index < -0.39 is 5.91 Å². The first-order valence-electron chi connectivity index (χ1n) is 3.00. The topological polar surface area (TPSA) is 73.8 Å². The minimum absolute atomic E-state index is 0.114. The lowest BCUT2D eigenvalue weighted by Gasteiger charge is -1.99. The summed E-state index contributed by atoms with van der Waals surface area (Å²) >= 11 is 3.99. The van der Waals surface area contributed by atoms with E-state index in [0.29, 0.717) is 11.6 Å². The van der Waals surface area contributed by atoms with Gasteiger partial charge in [0, 0.05) is 0 Å². The van der Waals surface area contributed by atoms with Crippen LogP contribution in [0.5, 0.6) is 0 Å². The molecule has 0 bridgehead atoms. The Kier molecular flexibility index (Phi) is 2.48. The van der Waals surface area contributed by atoms with Crippen molar-refractivity contribution < 1.29 is 4.79 Å². The fourth-order valence-corrected chi connectivity index (χ4v) is 0.946. The van der Waals surface area contributed by atoms with Crippen LogP contribution in [0.1, 0.15) is 5.82 Å². The van der Waals surface area contributed by atoms with Crippen LogP contribution in [0.25, 0.3) is 0 Å². The van der Waals surface area contributed by atoms with Gasteiger partial charge in [0.2, 0.25) is 5.91 Å². The van der Waals surface area contributed by atoms with Gasteiger partial charge in [-0.2, -0.15) is 12.6 Å². The zero-order valence-electron chi connectivity index (χ0n) is 5.77. The van der Waals surface area contributed by atoms with Crippen LogP contribution in [-0.4, -0.2) is 20.7 Å². The maximum absolute atomic E-state index is 10.5. The lowest BCUT2D eigenvalue weighted by atomic mass is 10.5. The van der Waals surface area contributed by atoms with Gasteiger partial charge >= 0.3 is 0 Å². The van der Waals surface area contributed by atoms with Gasteiger partial charge < -0.3 is 10.3 Å². The second-order valence-corrected chi connectivity index (χ2v) is 2.32. The molecule has 0 atom stereocenters. The zero-order chi connectivity index (χ0) is 8.27. The Hall–Kier alpha value is -1.04. The molecule has 60 valence electrons. The van der Waals surface area contributed by atoms with Crippen molar-refractivity contribution in [1.82, 2.24) is 14.8 Å². The van der Waals surface area contributed by atoms with Crippen molar-refractivity contribution in [2.75, 3.05) is 0 Å². The normalized spacial score (nSPS) is 9.91. The zero-order valence-corrected chi connectivity index (χ0v) is 6.66. The largest absolute Gasteiger partial charge is 0.368 e. The SMILES string of the molecule is NC(=O)Cn1cnnc1CS. The van der Waals surface area contributed by atoms with E-state index >= 15 is 0 Å². The molecule has 1 amide bonds. The lowest BCUT2D eigenvalue weighted by molar-refractivity contribution is -0.118. The molecule has 0 aliphatic carbocycles. The first-order chi connectivity index (χ1) is 5.24. The van der Waals surface area contributed by atoms with Gasteiger partial charge in [-0.15, -0.1) is 10.2 Å². The van der Waals surface area contributed by atoms with Crippen molar-refractivity contribution in [1.29, 1.82) is 0 Å². The van der Waals surface area contributed by atoms with Crippen molar-refractivity contribution in [3.63, 3.8) is 0 Å². The lowest BCUT2D eigenvalue weighted by Crippen LogP contribution is -2.19. The van der Waals surface area contributed by atoms with E-state index in [1.165, 1.54) is 6.33 Å². The standard InChI is InChI=1S/C5H8N4OS/c6-4(10)1-9-3-7-8-5(9)2-11/h3,11H,1-2H2,(H2,6,10). The number of primary amides is 1. The molecule has 0 spiro atoms. The number of hydrogen-bond acceptors (Lipinski definition) is 4. The molecule has 0 fully saturated rings. The fourth-order valence-electron chi connectivity index (χ4n) is 0.701. The van der Waals surface area contributed by atoms with Gasteiger partial charge in [-0.1, -0.05) is 0 Å². The predicted octanol–water partition coefficient (Wildman–Crippen LogP) is -0.807.